The molecule has 0 N–H and O–H groups in total. The molecule has 1 aromatic carbocycles. The number of rotatable bonds is 5. The number of benzene rings is 1. The number of ether oxygens (including phenoxy) is 3. The summed E-state index contributed by atoms with van der Waals surface area (Å²) < 4.78 is 15.7. The Hall–Kier alpha value is -2.42. The van der Waals surface area contributed by atoms with Crippen molar-refractivity contribution in [3.8, 4) is 29.4 Å². The molecule has 24 heavy (non-hydrogen) atoms. The molecule has 2 aromatic rings. The van der Waals surface area contributed by atoms with Crippen LogP contribution in [0.15, 0.2) is 36.5 Å². The fraction of sp³-hybridized carbons (Fsp3) is 0.176. The SMILES string of the molecule is CC#COC(=O)C(C)Oc1ccc(Oc2ncc(Cl)cc2Cl)cc1. The van der Waals surface area contributed by atoms with Crippen LogP contribution < -0.4 is 9.47 Å². The zero-order valence-corrected chi connectivity index (χ0v) is 14.4. The van der Waals surface area contributed by atoms with Gasteiger partial charge in [0.2, 0.25) is 5.88 Å². The Bertz CT molecular complexity index is 781. The van der Waals surface area contributed by atoms with Gasteiger partial charge >= 0.3 is 5.97 Å². The third-order valence-electron chi connectivity index (χ3n) is 2.71. The molecule has 0 aliphatic rings. The summed E-state index contributed by atoms with van der Waals surface area (Å²) in [6.45, 7) is 3.14. The predicted octanol–water partition coefficient (Wildman–Crippen LogP) is 4.47. The Balaban J connectivity index is 1.99. The van der Waals surface area contributed by atoms with Crippen LogP contribution in [0.1, 0.15) is 13.8 Å². The Morgan fingerprint density at radius 2 is 1.88 bits per heavy atom. The molecule has 2 rings (SSSR count). The molecule has 0 radical (unpaired) electrons. The number of carbonyl (C=O) groups excluding carboxylic acids is 1. The van der Waals surface area contributed by atoms with Crippen LogP contribution >= 0.6 is 23.2 Å². The molecular formula is C17H13Cl2NO4. The lowest BCUT2D eigenvalue weighted by Crippen LogP contribution is -2.24. The van der Waals surface area contributed by atoms with Crippen molar-refractivity contribution in [2.45, 2.75) is 20.0 Å². The molecule has 0 aliphatic heterocycles. The zero-order valence-electron chi connectivity index (χ0n) is 12.9. The van der Waals surface area contributed by atoms with Crippen LogP contribution in [-0.4, -0.2) is 17.1 Å². The van der Waals surface area contributed by atoms with Crippen molar-refractivity contribution >= 4 is 29.2 Å². The standard InChI is InChI=1S/C17H13Cl2NO4/c1-3-8-22-17(21)11(2)23-13-4-6-14(7-5-13)24-16-15(19)9-12(18)10-20-16/h4-7,9-11H,1-2H3. The van der Waals surface area contributed by atoms with Crippen LogP contribution in [0.5, 0.6) is 17.4 Å². The van der Waals surface area contributed by atoms with Crippen LogP contribution in [-0.2, 0) is 9.53 Å². The third kappa shape index (κ3) is 5.05. The Labute approximate surface area is 149 Å². The van der Waals surface area contributed by atoms with Crippen molar-refractivity contribution in [3.05, 3.63) is 46.6 Å². The maximum Gasteiger partial charge on any atom is 0.360 e. The van der Waals surface area contributed by atoms with E-state index in [1.807, 2.05) is 0 Å². The van der Waals surface area contributed by atoms with Crippen LogP contribution in [0.3, 0.4) is 0 Å². The minimum atomic E-state index is -0.787. The van der Waals surface area contributed by atoms with Gasteiger partial charge in [0.05, 0.1) is 5.02 Å². The summed E-state index contributed by atoms with van der Waals surface area (Å²) in [5, 5.41) is 0.723. The molecule has 124 valence electrons. The summed E-state index contributed by atoms with van der Waals surface area (Å²) in [5.41, 5.74) is 0. The summed E-state index contributed by atoms with van der Waals surface area (Å²) in [6.07, 6.45) is 2.88. The lowest BCUT2D eigenvalue weighted by Gasteiger charge is -2.12. The molecule has 1 aromatic heterocycles. The fourth-order valence-corrected chi connectivity index (χ4v) is 2.03. The van der Waals surface area contributed by atoms with Crippen molar-refractivity contribution < 1.29 is 19.0 Å². The van der Waals surface area contributed by atoms with Crippen LogP contribution in [0, 0.1) is 12.0 Å². The monoisotopic (exact) mass is 365 g/mol. The van der Waals surface area contributed by atoms with E-state index in [-0.39, 0.29) is 5.88 Å². The minimum absolute atomic E-state index is 0.241. The highest BCUT2D eigenvalue weighted by molar-refractivity contribution is 6.35. The molecule has 0 spiro atoms. The summed E-state index contributed by atoms with van der Waals surface area (Å²) >= 11 is 11.8. The van der Waals surface area contributed by atoms with Crippen molar-refractivity contribution in [1.29, 1.82) is 0 Å². The Kier molecular flexibility index (Phi) is 6.30. The highest BCUT2D eigenvalue weighted by Gasteiger charge is 2.16. The molecule has 0 saturated carbocycles. The fourth-order valence-electron chi connectivity index (χ4n) is 1.61. The van der Waals surface area contributed by atoms with Crippen molar-refractivity contribution in [1.82, 2.24) is 4.98 Å². The van der Waals surface area contributed by atoms with E-state index in [0.717, 1.165) is 0 Å². The quantitative estimate of drug-likeness (QED) is 0.577. The normalized spacial score (nSPS) is 11.0. The first-order valence-electron chi connectivity index (χ1n) is 6.87. The third-order valence-corrected chi connectivity index (χ3v) is 3.19. The number of hydrogen-bond acceptors (Lipinski definition) is 5. The molecule has 0 saturated heterocycles. The van der Waals surface area contributed by atoms with Gasteiger partial charge in [0.15, 0.2) is 6.10 Å². The minimum Gasteiger partial charge on any atom is -0.479 e. The van der Waals surface area contributed by atoms with Crippen molar-refractivity contribution in [2.75, 3.05) is 0 Å². The summed E-state index contributed by atoms with van der Waals surface area (Å²) in [7, 11) is 0. The summed E-state index contributed by atoms with van der Waals surface area (Å²) in [6, 6.07) is 8.15. The van der Waals surface area contributed by atoms with Gasteiger partial charge < -0.3 is 14.2 Å². The Morgan fingerprint density at radius 3 is 2.50 bits per heavy atom. The number of carbonyl (C=O) groups is 1. The number of pyridine rings is 1. The molecule has 0 amide bonds. The number of halogens is 2. The maximum absolute atomic E-state index is 11.6. The average Bonchev–Trinajstić information content (AvgIpc) is 2.56. The first-order chi connectivity index (χ1) is 11.5. The second kappa shape index (κ2) is 8.44. The molecule has 7 heteroatoms. The molecule has 0 aliphatic carbocycles. The molecular weight excluding hydrogens is 353 g/mol. The maximum atomic E-state index is 11.6. The van der Waals surface area contributed by atoms with Gasteiger partial charge in [0, 0.05) is 13.1 Å². The zero-order chi connectivity index (χ0) is 17.5. The first kappa shape index (κ1) is 17.9. The van der Waals surface area contributed by atoms with Gasteiger partial charge in [-0.25, -0.2) is 9.78 Å². The van der Waals surface area contributed by atoms with Gasteiger partial charge in [-0.2, -0.15) is 0 Å². The molecule has 5 nitrogen and oxygen atoms in total. The van der Waals surface area contributed by atoms with Crippen molar-refractivity contribution in [3.63, 3.8) is 0 Å². The highest BCUT2D eigenvalue weighted by Crippen LogP contribution is 2.30. The lowest BCUT2D eigenvalue weighted by molar-refractivity contribution is -0.143. The van der Waals surface area contributed by atoms with E-state index < -0.39 is 12.1 Å². The summed E-state index contributed by atoms with van der Waals surface area (Å²) in [5.74, 6) is 3.12. The second-order valence-electron chi connectivity index (χ2n) is 4.55. The van der Waals surface area contributed by atoms with Gasteiger partial charge in [-0.05, 0) is 37.3 Å². The van der Waals surface area contributed by atoms with Crippen LogP contribution in [0.2, 0.25) is 10.0 Å². The smallest absolute Gasteiger partial charge is 0.360 e. The van der Waals surface area contributed by atoms with E-state index in [2.05, 4.69) is 21.7 Å². The van der Waals surface area contributed by atoms with Gasteiger partial charge in [-0.1, -0.05) is 29.1 Å². The van der Waals surface area contributed by atoms with E-state index in [1.165, 1.54) is 12.3 Å². The number of esters is 1. The summed E-state index contributed by atoms with van der Waals surface area (Å²) in [4.78, 5) is 15.6. The van der Waals surface area contributed by atoms with Gasteiger partial charge in [0.1, 0.15) is 22.6 Å². The molecule has 1 atom stereocenters. The van der Waals surface area contributed by atoms with Gasteiger partial charge in [-0.3, -0.25) is 0 Å². The topological polar surface area (TPSA) is 57.7 Å². The second-order valence-corrected chi connectivity index (χ2v) is 5.39. The predicted molar refractivity (Wildman–Crippen MR) is 90.4 cm³/mol. The van der Waals surface area contributed by atoms with Crippen LogP contribution in [0.4, 0.5) is 0 Å². The van der Waals surface area contributed by atoms with E-state index in [0.29, 0.717) is 21.5 Å². The van der Waals surface area contributed by atoms with Crippen LogP contribution in [0.25, 0.3) is 0 Å². The van der Waals surface area contributed by atoms with Crippen molar-refractivity contribution in [2.24, 2.45) is 0 Å². The van der Waals surface area contributed by atoms with Gasteiger partial charge in [0.25, 0.3) is 0 Å². The Morgan fingerprint density at radius 1 is 1.21 bits per heavy atom. The van der Waals surface area contributed by atoms with E-state index in [4.69, 9.17) is 32.7 Å². The van der Waals surface area contributed by atoms with Gasteiger partial charge in [-0.15, -0.1) is 0 Å². The largest absolute Gasteiger partial charge is 0.479 e. The average molecular weight is 366 g/mol. The molecule has 1 heterocycles. The molecule has 0 bridgehead atoms. The molecule has 1 unspecified atom stereocenters. The lowest BCUT2D eigenvalue weighted by atomic mass is 10.3. The number of aromatic nitrogens is 1. The first-order valence-corrected chi connectivity index (χ1v) is 7.63. The number of hydrogen-bond donors (Lipinski definition) is 0. The highest BCUT2D eigenvalue weighted by atomic mass is 35.5. The molecule has 0 fully saturated rings. The van der Waals surface area contributed by atoms with E-state index >= 15 is 0 Å². The van der Waals surface area contributed by atoms with E-state index in [1.54, 1.807) is 38.1 Å². The van der Waals surface area contributed by atoms with E-state index in [9.17, 15) is 4.79 Å². The number of nitrogens with zero attached hydrogens (tertiary/aromatic N) is 1.